The summed E-state index contributed by atoms with van der Waals surface area (Å²) in [5.74, 6) is -0.633. The van der Waals surface area contributed by atoms with Crippen molar-refractivity contribution in [3.8, 4) is 0 Å². The molecule has 0 amide bonds. The van der Waals surface area contributed by atoms with Crippen LogP contribution < -0.4 is 0 Å². The first-order valence-electron chi connectivity index (χ1n) is 4.13. The molecule has 0 aliphatic carbocycles. The summed E-state index contributed by atoms with van der Waals surface area (Å²) in [5.41, 5.74) is 1.06. The molecule has 0 saturated carbocycles. The maximum absolute atomic E-state index is 12.7. The van der Waals surface area contributed by atoms with Crippen LogP contribution in [0.15, 0.2) is 18.2 Å². The van der Waals surface area contributed by atoms with E-state index in [0.29, 0.717) is 11.1 Å². The summed E-state index contributed by atoms with van der Waals surface area (Å²) in [6.45, 7) is -0.275. The van der Waals surface area contributed by atoms with Gasteiger partial charge in [0.2, 0.25) is 0 Å². The topological polar surface area (TPSA) is 37.3 Å². The predicted octanol–water partition coefficient (Wildman–Crippen LogP) is 1.67. The summed E-state index contributed by atoms with van der Waals surface area (Å²) in [6, 6.07) is 3.97. The minimum atomic E-state index is -0.420. The van der Waals surface area contributed by atoms with E-state index in [-0.39, 0.29) is 24.7 Å². The Balaban J connectivity index is 2.90. The van der Waals surface area contributed by atoms with Gasteiger partial charge >= 0.3 is 0 Å². The van der Waals surface area contributed by atoms with Gasteiger partial charge in [0.05, 0.1) is 12.5 Å². The second-order valence-electron chi connectivity index (χ2n) is 2.92. The minimum absolute atomic E-state index is 0.0672. The number of Topliss-reactive ketones (excluding diaryl/α,β-unsaturated/α-hetero) is 1. The van der Waals surface area contributed by atoms with Crippen molar-refractivity contribution >= 4 is 17.4 Å². The largest absolute Gasteiger partial charge is 0.392 e. The molecule has 0 bridgehead atoms. The van der Waals surface area contributed by atoms with E-state index in [1.807, 2.05) is 0 Å². The number of aliphatic hydroxyl groups excluding tert-OH is 1. The van der Waals surface area contributed by atoms with E-state index < -0.39 is 5.82 Å². The van der Waals surface area contributed by atoms with Crippen LogP contribution in [-0.2, 0) is 17.8 Å². The molecule has 0 unspecified atom stereocenters. The summed E-state index contributed by atoms with van der Waals surface area (Å²) < 4.78 is 12.7. The summed E-state index contributed by atoms with van der Waals surface area (Å²) in [7, 11) is 0. The summed E-state index contributed by atoms with van der Waals surface area (Å²) in [5, 5.41) is 8.92. The smallest absolute Gasteiger partial charge is 0.151 e. The third-order valence-corrected chi connectivity index (χ3v) is 2.17. The Bertz CT molecular complexity index is 339. The van der Waals surface area contributed by atoms with Gasteiger partial charge in [-0.25, -0.2) is 4.39 Å². The van der Waals surface area contributed by atoms with E-state index in [1.54, 1.807) is 0 Å². The van der Waals surface area contributed by atoms with E-state index in [0.717, 1.165) is 0 Å². The second-order valence-corrected chi connectivity index (χ2v) is 3.19. The van der Waals surface area contributed by atoms with Crippen molar-refractivity contribution in [3.63, 3.8) is 0 Å². The fourth-order valence-corrected chi connectivity index (χ4v) is 1.27. The summed E-state index contributed by atoms with van der Waals surface area (Å²) >= 11 is 5.34. The molecule has 1 N–H and O–H groups in total. The minimum Gasteiger partial charge on any atom is -0.392 e. The quantitative estimate of drug-likeness (QED) is 0.778. The molecule has 1 rings (SSSR count). The van der Waals surface area contributed by atoms with Gasteiger partial charge in [-0.2, -0.15) is 0 Å². The van der Waals surface area contributed by atoms with Crippen molar-refractivity contribution in [1.82, 2.24) is 0 Å². The highest BCUT2D eigenvalue weighted by Gasteiger charge is 2.07. The lowest BCUT2D eigenvalue weighted by Gasteiger charge is -2.05. The number of benzene rings is 1. The maximum atomic E-state index is 12.7. The van der Waals surface area contributed by atoms with Gasteiger partial charge in [0.15, 0.2) is 5.78 Å². The maximum Gasteiger partial charge on any atom is 0.151 e. The Labute approximate surface area is 86.3 Å². The molecule has 4 heteroatoms. The molecule has 0 atom stereocenters. The molecule has 0 aromatic heterocycles. The lowest BCUT2D eigenvalue weighted by atomic mass is 10.0. The van der Waals surface area contributed by atoms with E-state index in [4.69, 9.17) is 16.7 Å². The Morgan fingerprint density at radius 1 is 1.43 bits per heavy atom. The lowest BCUT2D eigenvalue weighted by Crippen LogP contribution is -2.06. The number of alkyl halides is 1. The zero-order valence-corrected chi connectivity index (χ0v) is 8.22. The summed E-state index contributed by atoms with van der Waals surface area (Å²) in [4.78, 5) is 11.0. The van der Waals surface area contributed by atoms with Gasteiger partial charge in [-0.15, -0.1) is 11.6 Å². The fourth-order valence-electron chi connectivity index (χ4n) is 1.17. The van der Waals surface area contributed by atoms with Crippen molar-refractivity contribution < 1.29 is 14.3 Å². The highest BCUT2D eigenvalue weighted by Crippen LogP contribution is 2.12. The molecular weight excluding hydrogens is 207 g/mol. The first-order valence-corrected chi connectivity index (χ1v) is 4.66. The Hall–Kier alpha value is -0.930. The van der Waals surface area contributed by atoms with E-state index >= 15 is 0 Å². The van der Waals surface area contributed by atoms with Crippen molar-refractivity contribution in [2.24, 2.45) is 0 Å². The molecule has 14 heavy (non-hydrogen) atoms. The van der Waals surface area contributed by atoms with Gasteiger partial charge < -0.3 is 5.11 Å². The molecule has 76 valence electrons. The Morgan fingerprint density at radius 2 is 2.14 bits per heavy atom. The van der Waals surface area contributed by atoms with Crippen LogP contribution >= 0.6 is 11.6 Å². The molecule has 1 aromatic carbocycles. The van der Waals surface area contributed by atoms with E-state index in [2.05, 4.69) is 0 Å². The number of halogens is 2. The van der Waals surface area contributed by atoms with E-state index in [9.17, 15) is 9.18 Å². The molecule has 1 aromatic rings. The monoisotopic (exact) mass is 216 g/mol. The van der Waals surface area contributed by atoms with Crippen LogP contribution in [0.1, 0.15) is 11.1 Å². The Kier molecular flexibility index (Phi) is 4.04. The molecule has 0 spiro atoms. The van der Waals surface area contributed by atoms with Gasteiger partial charge in [-0.3, -0.25) is 4.79 Å². The van der Waals surface area contributed by atoms with Crippen LogP contribution in [0.3, 0.4) is 0 Å². The number of aliphatic hydroxyl groups is 1. The molecule has 0 heterocycles. The van der Waals surface area contributed by atoms with Crippen molar-refractivity contribution in [2.45, 2.75) is 13.0 Å². The predicted molar refractivity (Wildman–Crippen MR) is 51.8 cm³/mol. The van der Waals surface area contributed by atoms with Gasteiger partial charge in [-0.05, 0) is 23.3 Å². The SMILES string of the molecule is O=C(CCl)Cc1ccc(F)cc1CO. The highest BCUT2D eigenvalue weighted by molar-refractivity contribution is 6.27. The zero-order chi connectivity index (χ0) is 10.6. The third-order valence-electron chi connectivity index (χ3n) is 1.88. The molecule has 0 aliphatic heterocycles. The fraction of sp³-hybridized carbons (Fsp3) is 0.300. The van der Waals surface area contributed by atoms with Crippen LogP contribution in [0.5, 0.6) is 0 Å². The molecule has 0 aliphatic rings. The standard InChI is InChI=1S/C10H10ClFO2/c11-5-10(14)4-7-1-2-9(12)3-8(7)6-13/h1-3,13H,4-6H2. The average molecular weight is 217 g/mol. The van der Waals surface area contributed by atoms with E-state index in [1.165, 1.54) is 18.2 Å². The van der Waals surface area contributed by atoms with Gasteiger partial charge in [0, 0.05) is 6.42 Å². The second kappa shape index (κ2) is 5.08. The van der Waals surface area contributed by atoms with Crippen molar-refractivity contribution in [1.29, 1.82) is 0 Å². The molecule has 0 fully saturated rings. The molecule has 0 saturated heterocycles. The van der Waals surface area contributed by atoms with Crippen LogP contribution in [0, 0.1) is 5.82 Å². The average Bonchev–Trinajstić information content (AvgIpc) is 2.20. The third kappa shape index (κ3) is 2.79. The molecule has 0 radical (unpaired) electrons. The van der Waals surface area contributed by atoms with Gasteiger partial charge in [0.1, 0.15) is 5.82 Å². The number of hydrogen-bond acceptors (Lipinski definition) is 2. The first-order chi connectivity index (χ1) is 6.67. The van der Waals surface area contributed by atoms with Crippen LogP contribution in [0.4, 0.5) is 4.39 Å². The van der Waals surface area contributed by atoms with Gasteiger partial charge in [0.25, 0.3) is 0 Å². The van der Waals surface area contributed by atoms with Crippen molar-refractivity contribution in [3.05, 3.63) is 35.1 Å². The van der Waals surface area contributed by atoms with Crippen LogP contribution in [0.2, 0.25) is 0 Å². The lowest BCUT2D eigenvalue weighted by molar-refractivity contribution is -0.116. The normalized spacial score (nSPS) is 10.2. The van der Waals surface area contributed by atoms with Crippen LogP contribution in [0.25, 0.3) is 0 Å². The van der Waals surface area contributed by atoms with Gasteiger partial charge in [-0.1, -0.05) is 6.07 Å². The molecule has 2 nitrogen and oxygen atoms in total. The Morgan fingerprint density at radius 3 is 2.71 bits per heavy atom. The number of carbonyl (C=O) groups excluding carboxylic acids is 1. The highest BCUT2D eigenvalue weighted by atomic mass is 35.5. The zero-order valence-electron chi connectivity index (χ0n) is 7.46. The summed E-state index contributed by atoms with van der Waals surface area (Å²) in [6.07, 6.45) is 0.139. The molecular formula is C10H10ClFO2. The first kappa shape index (κ1) is 11.1. The van der Waals surface area contributed by atoms with Crippen molar-refractivity contribution in [2.75, 3.05) is 5.88 Å². The van der Waals surface area contributed by atoms with Crippen LogP contribution in [-0.4, -0.2) is 16.8 Å². The number of hydrogen-bond donors (Lipinski definition) is 1. The number of carbonyl (C=O) groups is 1. The number of rotatable bonds is 4. The number of ketones is 1.